The Morgan fingerprint density at radius 3 is 2.24 bits per heavy atom. The van der Waals surface area contributed by atoms with Crippen LogP contribution in [0.1, 0.15) is 10.4 Å². The lowest BCUT2D eigenvalue weighted by Crippen LogP contribution is -2.13. The molecule has 1 amide bonds. The summed E-state index contributed by atoms with van der Waals surface area (Å²) in [6.07, 6.45) is 0. The SMILES string of the molecule is COc1ccc(C(=O)Nc2c(Br)cc(N)cc2Br)cc1Br. The smallest absolute Gasteiger partial charge is 0.255 e. The van der Waals surface area contributed by atoms with Gasteiger partial charge in [0.2, 0.25) is 0 Å². The molecule has 0 saturated heterocycles. The largest absolute Gasteiger partial charge is 0.496 e. The van der Waals surface area contributed by atoms with Crippen molar-refractivity contribution in [3.63, 3.8) is 0 Å². The second-order valence-electron chi connectivity index (χ2n) is 4.16. The number of nitrogen functional groups attached to an aromatic ring is 1. The quantitative estimate of drug-likeness (QED) is 0.622. The third-order valence-corrected chi connectivity index (χ3v) is 4.59. The van der Waals surface area contributed by atoms with Crippen LogP contribution in [-0.2, 0) is 0 Å². The highest BCUT2D eigenvalue weighted by molar-refractivity contribution is 9.11. The second-order valence-corrected chi connectivity index (χ2v) is 6.73. The topological polar surface area (TPSA) is 64.3 Å². The van der Waals surface area contributed by atoms with Gasteiger partial charge in [-0.2, -0.15) is 0 Å². The monoisotopic (exact) mass is 476 g/mol. The Labute approximate surface area is 147 Å². The lowest BCUT2D eigenvalue weighted by molar-refractivity contribution is 0.102. The number of hydrogen-bond acceptors (Lipinski definition) is 3. The number of carbonyl (C=O) groups is 1. The van der Waals surface area contributed by atoms with Gasteiger partial charge in [-0.15, -0.1) is 0 Å². The van der Waals surface area contributed by atoms with E-state index < -0.39 is 0 Å². The molecule has 0 aliphatic rings. The number of amides is 1. The number of methoxy groups -OCH3 is 1. The molecule has 3 N–H and O–H groups in total. The summed E-state index contributed by atoms with van der Waals surface area (Å²) in [4.78, 5) is 12.3. The third-order valence-electron chi connectivity index (χ3n) is 2.72. The van der Waals surface area contributed by atoms with Crippen LogP contribution in [0.25, 0.3) is 0 Å². The average Bonchev–Trinajstić information content (AvgIpc) is 2.42. The molecule has 0 aliphatic heterocycles. The molecule has 0 unspecified atom stereocenters. The van der Waals surface area contributed by atoms with Crippen LogP contribution in [0.2, 0.25) is 0 Å². The number of nitrogens with one attached hydrogen (secondary N) is 1. The molecule has 110 valence electrons. The zero-order valence-corrected chi connectivity index (χ0v) is 15.7. The zero-order valence-electron chi connectivity index (χ0n) is 10.9. The van der Waals surface area contributed by atoms with Crippen molar-refractivity contribution < 1.29 is 9.53 Å². The Hall–Kier alpha value is -1.05. The maximum atomic E-state index is 12.3. The first kappa shape index (κ1) is 16.3. The number of anilines is 2. The summed E-state index contributed by atoms with van der Waals surface area (Å²) in [5, 5.41) is 2.84. The fourth-order valence-electron chi connectivity index (χ4n) is 1.71. The maximum absolute atomic E-state index is 12.3. The first-order chi connectivity index (χ1) is 9.92. The summed E-state index contributed by atoms with van der Waals surface area (Å²) in [6, 6.07) is 8.58. The summed E-state index contributed by atoms with van der Waals surface area (Å²) in [5.74, 6) is 0.436. The summed E-state index contributed by atoms with van der Waals surface area (Å²) in [6.45, 7) is 0. The van der Waals surface area contributed by atoms with E-state index in [9.17, 15) is 4.79 Å². The van der Waals surface area contributed by atoms with Crippen LogP contribution in [0.3, 0.4) is 0 Å². The van der Waals surface area contributed by atoms with Crippen molar-refractivity contribution in [3.8, 4) is 5.75 Å². The molecule has 0 bridgehead atoms. The molecule has 0 fully saturated rings. The minimum Gasteiger partial charge on any atom is -0.496 e. The van der Waals surface area contributed by atoms with Gasteiger partial charge < -0.3 is 15.8 Å². The molecule has 0 spiro atoms. The molecular weight excluding hydrogens is 468 g/mol. The number of rotatable bonds is 3. The van der Waals surface area contributed by atoms with Crippen molar-refractivity contribution in [3.05, 3.63) is 49.3 Å². The number of nitrogens with two attached hydrogens (primary N) is 1. The van der Waals surface area contributed by atoms with Crippen molar-refractivity contribution in [2.45, 2.75) is 0 Å². The van der Waals surface area contributed by atoms with Crippen LogP contribution in [0.4, 0.5) is 11.4 Å². The van der Waals surface area contributed by atoms with Gasteiger partial charge >= 0.3 is 0 Å². The van der Waals surface area contributed by atoms with Crippen LogP contribution in [0, 0.1) is 0 Å². The molecule has 7 heteroatoms. The Bertz CT molecular complexity index is 682. The third kappa shape index (κ3) is 3.78. The predicted molar refractivity (Wildman–Crippen MR) is 94.9 cm³/mol. The van der Waals surface area contributed by atoms with Crippen molar-refractivity contribution >= 4 is 65.1 Å². The van der Waals surface area contributed by atoms with E-state index in [1.54, 1.807) is 37.4 Å². The molecule has 4 nitrogen and oxygen atoms in total. The summed E-state index contributed by atoms with van der Waals surface area (Å²) in [7, 11) is 1.57. The molecule has 0 aliphatic carbocycles. The molecule has 2 rings (SSSR count). The van der Waals surface area contributed by atoms with E-state index in [1.807, 2.05) is 0 Å². The molecule has 2 aromatic carbocycles. The molecular formula is C14H11Br3N2O2. The Kier molecular flexibility index (Phi) is 5.29. The first-order valence-corrected chi connectivity index (χ1v) is 8.19. The van der Waals surface area contributed by atoms with Crippen LogP contribution in [0.5, 0.6) is 5.75 Å². The minimum absolute atomic E-state index is 0.232. The van der Waals surface area contributed by atoms with Crippen LogP contribution >= 0.6 is 47.8 Å². The summed E-state index contributed by atoms with van der Waals surface area (Å²) in [5.41, 5.74) is 7.46. The molecule has 0 heterocycles. The molecule has 21 heavy (non-hydrogen) atoms. The summed E-state index contributed by atoms with van der Waals surface area (Å²) < 4.78 is 7.27. The van der Waals surface area contributed by atoms with Gasteiger partial charge in [-0.05, 0) is 78.1 Å². The number of benzene rings is 2. The Morgan fingerprint density at radius 2 is 1.71 bits per heavy atom. The number of halogens is 3. The second kappa shape index (κ2) is 6.81. The van der Waals surface area contributed by atoms with E-state index >= 15 is 0 Å². The van der Waals surface area contributed by atoms with Gasteiger partial charge in [0, 0.05) is 20.2 Å². The number of ether oxygens (including phenoxy) is 1. The molecule has 0 saturated carbocycles. The van der Waals surface area contributed by atoms with Crippen LogP contribution < -0.4 is 15.8 Å². The molecule has 0 radical (unpaired) electrons. The van der Waals surface area contributed by atoms with Crippen LogP contribution in [-0.4, -0.2) is 13.0 Å². The zero-order chi connectivity index (χ0) is 15.6. The number of hydrogen-bond donors (Lipinski definition) is 2. The van der Waals surface area contributed by atoms with Crippen molar-refractivity contribution in [2.75, 3.05) is 18.2 Å². The van der Waals surface area contributed by atoms with E-state index in [0.29, 0.717) is 36.1 Å². The van der Waals surface area contributed by atoms with Crippen LogP contribution in [0.15, 0.2) is 43.7 Å². The summed E-state index contributed by atoms with van der Waals surface area (Å²) >= 11 is 10.1. The standard InChI is InChI=1S/C14H11Br3N2O2/c1-21-12-3-2-7(4-9(12)15)14(20)19-13-10(16)5-8(18)6-11(13)17/h2-6H,18H2,1H3,(H,19,20). The van der Waals surface area contributed by atoms with E-state index in [0.717, 1.165) is 0 Å². The van der Waals surface area contributed by atoms with Gasteiger partial charge in [-0.1, -0.05) is 0 Å². The number of carbonyl (C=O) groups excluding carboxylic acids is 1. The molecule has 0 aromatic heterocycles. The van der Waals surface area contributed by atoms with Gasteiger partial charge in [0.1, 0.15) is 5.75 Å². The van der Waals surface area contributed by atoms with E-state index in [2.05, 4.69) is 53.1 Å². The van der Waals surface area contributed by atoms with Gasteiger partial charge in [0.25, 0.3) is 5.91 Å². The Balaban J connectivity index is 2.28. The van der Waals surface area contributed by atoms with Gasteiger partial charge in [0.05, 0.1) is 17.3 Å². The van der Waals surface area contributed by atoms with Crippen molar-refractivity contribution in [1.82, 2.24) is 0 Å². The fourth-order valence-corrected chi connectivity index (χ4v) is 3.67. The van der Waals surface area contributed by atoms with Crippen molar-refractivity contribution in [2.24, 2.45) is 0 Å². The first-order valence-electron chi connectivity index (χ1n) is 5.81. The molecule has 2 aromatic rings. The van der Waals surface area contributed by atoms with E-state index in [-0.39, 0.29) is 5.91 Å². The highest BCUT2D eigenvalue weighted by Crippen LogP contribution is 2.34. The lowest BCUT2D eigenvalue weighted by Gasteiger charge is -2.11. The highest BCUT2D eigenvalue weighted by Gasteiger charge is 2.13. The minimum atomic E-state index is -0.232. The van der Waals surface area contributed by atoms with Gasteiger partial charge in [-0.25, -0.2) is 0 Å². The van der Waals surface area contributed by atoms with Gasteiger partial charge in [0.15, 0.2) is 0 Å². The Morgan fingerprint density at radius 1 is 1.10 bits per heavy atom. The van der Waals surface area contributed by atoms with E-state index in [4.69, 9.17) is 10.5 Å². The lowest BCUT2D eigenvalue weighted by atomic mass is 10.2. The normalized spacial score (nSPS) is 10.3. The fraction of sp³-hybridized carbons (Fsp3) is 0.0714. The molecule has 0 atom stereocenters. The van der Waals surface area contributed by atoms with Gasteiger partial charge in [-0.3, -0.25) is 4.79 Å². The highest BCUT2D eigenvalue weighted by atomic mass is 79.9. The maximum Gasteiger partial charge on any atom is 0.255 e. The average molecular weight is 479 g/mol. The van der Waals surface area contributed by atoms with E-state index in [1.165, 1.54) is 0 Å². The predicted octanol–water partition coefficient (Wildman–Crippen LogP) is 4.82. The van der Waals surface area contributed by atoms with Crippen molar-refractivity contribution in [1.29, 1.82) is 0 Å².